The predicted molar refractivity (Wildman–Crippen MR) is 147 cm³/mol. The highest BCUT2D eigenvalue weighted by Gasteiger charge is 2.25. The van der Waals surface area contributed by atoms with Crippen LogP contribution >= 0.6 is 0 Å². The second kappa shape index (κ2) is 19.4. The van der Waals surface area contributed by atoms with E-state index in [1.54, 1.807) is 6.07 Å². The first-order valence-electron chi connectivity index (χ1n) is 14.6. The first-order chi connectivity index (χ1) is 17.0. The fourth-order valence-electron chi connectivity index (χ4n) is 5.15. The van der Waals surface area contributed by atoms with Gasteiger partial charge < -0.3 is 10.2 Å². The van der Waals surface area contributed by atoms with Crippen molar-refractivity contribution in [1.82, 2.24) is 0 Å². The topological polar surface area (TPSA) is 74.6 Å². The van der Waals surface area contributed by atoms with Crippen LogP contribution in [0.25, 0.3) is 0 Å². The molecule has 0 atom stereocenters. The van der Waals surface area contributed by atoms with E-state index in [4.69, 9.17) is 0 Å². The van der Waals surface area contributed by atoms with Crippen molar-refractivity contribution in [3.05, 3.63) is 33.9 Å². The van der Waals surface area contributed by atoms with E-state index < -0.39 is 11.9 Å². The van der Waals surface area contributed by atoms with Crippen molar-refractivity contribution in [2.45, 2.75) is 149 Å². The molecule has 35 heavy (non-hydrogen) atoms. The van der Waals surface area contributed by atoms with Crippen LogP contribution in [0.3, 0.4) is 0 Å². The molecule has 0 amide bonds. The lowest BCUT2D eigenvalue weighted by molar-refractivity contribution is 0.0650. The van der Waals surface area contributed by atoms with Gasteiger partial charge in [0.05, 0.1) is 11.1 Å². The van der Waals surface area contributed by atoms with Gasteiger partial charge in [-0.15, -0.1) is 0 Å². The molecule has 0 spiro atoms. The number of unbranched alkanes of at least 4 members (excludes halogenated alkanes) is 14. The zero-order chi connectivity index (χ0) is 25.9. The minimum absolute atomic E-state index is 0.0197. The number of carboxylic acids is 2. The van der Waals surface area contributed by atoms with Crippen LogP contribution in [0, 0.1) is 0 Å². The lowest BCUT2D eigenvalue weighted by Crippen LogP contribution is -2.16. The van der Waals surface area contributed by atoms with Crippen molar-refractivity contribution in [3.8, 4) is 0 Å². The number of aromatic carboxylic acids is 2. The van der Waals surface area contributed by atoms with Crippen LogP contribution in [0.15, 0.2) is 6.07 Å². The van der Waals surface area contributed by atoms with Gasteiger partial charge >= 0.3 is 11.9 Å². The Balaban J connectivity index is 3.18. The minimum atomic E-state index is -1.12. The third-order valence-corrected chi connectivity index (χ3v) is 7.20. The quantitative estimate of drug-likeness (QED) is 0.159. The Kier molecular flexibility index (Phi) is 17.3. The summed E-state index contributed by atoms with van der Waals surface area (Å²) in [6.45, 7) is 6.63. The molecule has 0 saturated heterocycles. The molecule has 0 bridgehead atoms. The Morgan fingerprint density at radius 2 is 0.943 bits per heavy atom. The van der Waals surface area contributed by atoms with E-state index in [-0.39, 0.29) is 11.1 Å². The molecule has 0 aliphatic rings. The second-order valence-electron chi connectivity index (χ2n) is 10.2. The molecule has 0 heterocycles. The van der Waals surface area contributed by atoms with Crippen LogP contribution in [-0.2, 0) is 19.3 Å². The molecule has 0 aliphatic carbocycles. The summed E-state index contributed by atoms with van der Waals surface area (Å²) >= 11 is 0. The van der Waals surface area contributed by atoms with Gasteiger partial charge in [-0.25, -0.2) is 9.59 Å². The summed E-state index contributed by atoms with van der Waals surface area (Å²) in [5.41, 5.74) is 3.06. The van der Waals surface area contributed by atoms with E-state index >= 15 is 0 Å². The zero-order valence-electron chi connectivity index (χ0n) is 22.9. The van der Waals surface area contributed by atoms with Crippen LogP contribution in [0.5, 0.6) is 0 Å². The van der Waals surface area contributed by atoms with E-state index in [1.807, 2.05) is 0 Å². The van der Waals surface area contributed by atoms with Crippen molar-refractivity contribution in [2.24, 2.45) is 0 Å². The first-order valence-corrected chi connectivity index (χ1v) is 14.6. The normalized spacial score (nSPS) is 11.2. The summed E-state index contributed by atoms with van der Waals surface area (Å²) in [5, 5.41) is 20.0. The van der Waals surface area contributed by atoms with Gasteiger partial charge in [-0.3, -0.25) is 0 Å². The van der Waals surface area contributed by atoms with Crippen LogP contribution in [0.2, 0.25) is 0 Å². The molecule has 0 aromatic heterocycles. The number of benzene rings is 1. The van der Waals surface area contributed by atoms with Crippen LogP contribution < -0.4 is 0 Å². The zero-order valence-corrected chi connectivity index (χ0v) is 22.9. The number of carbonyl (C=O) groups is 2. The van der Waals surface area contributed by atoms with E-state index in [9.17, 15) is 19.8 Å². The molecule has 200 valence electrons. The number of aryl methyl sites for hydroxylation is 1. The molecular formula is C31H52O4. The van der Waals surface area contributed by atoms with E-state index in [1.165, 1.54) is 64.2 Å². The monoisotopic (exact) mass is 488 g/mol. The van der Waals surface area contributed by atoms with Crippen molar-refractivity contribution < 1.29 is 19.8 Å². The number of hydrogen-bond donors (Lipinski definition) is 2. The smallest absolute Gasteiger partial charge is 0.336 e. The lowest BCUT2D eigenvalue weighted by atomic mass is 9.84. The largest absolute Gasteiger partial charge is 0.478 e. The van der Waals surface area contributed by atoms with Gasteiger partial charge in [-0.05, 0) is 61.3 Å². The lowest BCUT2D eigenvalue weighted by Gasteiger charge is -2.20. The fraction of sp³-hybridized carbons (Fsp3) is 0.742. The summed E-state index contributed by atoms with van der Waals surface area (Å²) in [6.07, 6.45) is 22.1. The number of carboxylic acid groups (broad SMARTS) is 2. The highest BCUT2D eigenvalue weighted by molar-refractivity contribution is 6.03. The molecule has 2 N–H and O–H groups in total. The SMILES string of the molecule is CCCCCCCCCc1c(CCCCCCC)c(CCCCCCC)cc(C(=O)O)c1C(=O)O. The van der Waals surface area contributed by atoms with Gasteiger partial charge in [0, 0.05) is 0 Å². The number of hydrogen-bond acceptors (Lipinski definition) is 2. The Morgan fingerprint density at radius 1 is 0.543 bits per heavy atom. The minimum Gasteiger partial charge on any atom is -0.478 e. The fourth-order valence-corrected chi connectivity index (χ4v) is 5.15. The molecule has 4 heteroatoms. The van der Waals surface area contributed by atoms with Gasteiger partial charge in [-0.1, -0.05) is 111 Å². The third kappa shape index (κ3) is 12.1. The standard InChI is InChI=1S/C31H52O4/c1-4-7-10-13-14-17-20-23-27-26(22-19-16-12-9-6-3)25(21-18-15-11-8-5-2)24-28(30(32)33)29(27)31(34)35/h24H,4-23H2,1-3H3,(H,32,33)(H,34,35). The van der Waals surface area contributed by atoms with E-state index in [0.717, 1.165) is 74.5 Å². The highest BCUT2D eigenvalue weighted by Crippen LogP contribution is 2.30. The van der Waals surface area contributed by atoms with E-state index in [0.29, 0.717) is 6.42 Å². The molecule has 1 aromatic rings. The summed E-state index contributed by atoms with van der Waals surface area (Å²) in [7, 11) is 0. The summed E-state index contributed by atoms with van der Waals surface area (Å²) in [4.78, 5) is 24.4. The second-order valence-corrected chi connectivity index (χ2v) is 10.2. The molecule has 1 aromatic carbocycles. The first kappa shape index (κ1) is 31.2. The predicted octanol–water partition coefficient (Wildman–Crippen LogP) is 9.40. The average molecular weight is 489 g/mol. The number of rotatable bonds is 22. The maximum absolute atomic E-state index is 12.3. The van der Waals surface area contributed by atoms with Crippen LogP contribution in [0.4, 0.5) is 0 Å². The van der Waals surface area contributed by atoms with Gasteiger partial charge in [0.1, 0.15) is 0 Å². The highest BCUT2D eigenvalue weighted by atomic mass is 16.4. The molecule has 0 unspecified atom stereocenters. The van der Waals surface area contributed by atoms with Crippen LogP contribution in [0.1, 0.15) is 167 Å². The molecule has 0 saturated carbocycles. The Labute approximate surface area is 214 Å². The molecular weight excluding hydrogens is 436 g/mol. The van der Waals surface area contributed by atoms with Crippen molar-refractivity contribution in [1.29, 1.82) is 0 Å². The summed E-state index contributed by atoms with van der Waals surface area (Å²) in [6, 6.07) is 1.70. The van der Waals surface area contributed by atoms with Gasteiger partial charge in [0.2, 0.25) is 0 Å². The van der Waals surface area contributed by atoms with Crippen molar-refractivity contribution >= 4 is 11.9 Å². The molecule has 0 fully saturated rings. The van der Waals surface area contributed by atoms with Gasteiger partial charge in [0.15, 0.2) is 0 Å². The molecule has 4 nitrogen and oxygen atoms in total. The Hall–Kier alpha value is -1.84. The third-order valence-electron chi connectivity index (χ3n) is 7.20. The average Bonchev–Trinajstić information content (AvgIpc) is 2.83. The van der Waals surface area contributed by atoms with Gasteiger partial charge in [0.25, 0.3) is 0 Å². The molecule has 0 aliphatic heterocycles. The van der Waals surface area contributed by atoms with Crippen LogP contribution in [-0.4, -0.2) is 22.2 Å². The maximum atomic E-state index is 12.3. The summed E-state index contributed by atoms with van der Waals surface area (Å²) < 4.78 is 0. The summed E-state index contributed by atoms with van der Waals surface area (Å²) in [5.74, 6) is -2.22. The Bertz CT molecular complexity index is 738. The van der Waals surface area contributed by atoms with Crippen molar-refractivity contribution in [2.75, 3.05) is 0 Å². The molecule has 1 rings (SSSR count). The van der Waals surface area contributed by atoms with E-state index in [2.05, 4.69) is 20.8 Å². The molecule has 0 radical (unpaired) electrons. The Morgan fingerprint density at radius 3 is 1.37 bits per heavy atom. The van der Waals surface area contributed by atoms with Crippen molar-refractivity contribution in [3.63, 3.8) is 0 Å². The van der Waals surface area contributed by atoms with Gasteiger partial charge in [-0.2, -0.15) is 0 Å². The maximum Gasteiger partial charge on any atom is 0.336 e.